The molecule has 0 heterocycles. The molecule has 4 rings (SSSR count). The molecule has 2 aromatic rings. The minimum Gasteiger partial charge on any atom is -0.481 e. The number of carboxylic acids is 1. The van der Waals surface area contributed by atoms with Crippen LogP contribution in [-0.2, 0) is 4.79 Å². The SMILES string of the molecule is C=C(c1ccccc1)C12CC[CH-]C1CC(CCCCCCCCCC(=O)O)=C2c1ccccc1.[Ho]. The van der Waals surface area contributed by atoms with E-state index < -0.39 is 5.97 Å². The summed E-state index contributed by atoms with van der Waals surface area (Å²) in [5, 5.41) is 8.76. The van der Waals surface area contributed by atoms with Gasteiger partial charge < -0.3 is 11.5 Å². The van der Waals surface area contributed by atoms with Crippen LogP contribution in [-0.4, -0.2) is 11.1 Å². The van der Waals surface area contributed by atoms with E-state index in [1.165, 1.54) is 61.6 Å². The molecular weight excluding hydrogens is 581 g/mol. The summed E-state index contributed by atoms with van der Waals surface area (Å²) in [5.41, 5.74) is 7.19. The predicted octanol–water partition coefficient (Wildman–Crippen LogP) is 8.75. The summed E-state index contributed by atoms with van der Waals surface area (Å²) >= 11 is 0. The van der Waals surface area contributed by atoms with E-state index in [-0.39, 0.29) is 43.2 Å². The number of fused-ring (bicyclic) bond motifs is 1. The van der Waals surface area contributed by atoms with E-state index >= 15 is 0 Å². The smallest absolute Gasteiger partial charge is 0.303 e. The van der Waals surface area contributed by atoms with Gasteiger partial charge in [-0.05, 0) is 47.0 Å². The molecule has 1 radical (unpaired) electrons. The van der Waals surface area contributed by atoms with Gasteiger partial charge in [-0.3, -0.25) is 4.79 Å². The molecule has 35 heavy (non-hydrogen) atoms. The van der Waals surface area contributed by atoms with Crippen molar-refractivity contribution in [1.29, 1.82) is 0 Å². The molecule has 2 aromatic carbocycles. The number of unbranched alkanes of at least 4 members (excludes halogenated alkanes) is 6. The molecule has 0 saturated heterocycles. The molecule has 1 saturated carbocycles. The number of hydrogen-bond acceptors (Lipinski definition) is 1. The fourth-order valence-corrected chi connectivity index (χ4v) is 6.36. The Morgan fingerprint density at radius 3 is 2.17 bits per heavy atom. The van der Waals surface area contributed by atoms with Gasteiger partial charge in [0.05, 0.1) is 0 Å². The third-order valence-corrected chi connectivity index (χ3v) is 7.98. The summed E-state index contributed by atoms with van der Waals surface area (Å²) in [6, 6.07) is 21.9. The van der Waals surface area contributed by atoms with Gasteiger partial charge in [-0.15, -0.1) is 5.92 Å². The second-order valence-corrected chi connectivity index (χ2v) is 10.1. The van der Waals surface area contributed by atoms with Gasteiger partial charge in [0.25, 0.3) is 0 Å². The van der Waals surface area contributed by atoms with Crippen molar-refractivity contribution in [3.63, 3.8) is 0 Å². The first-order valence-corrected chi connectivity index (χ1v) is 13.2. The summed E-state index contributed by atoms with van der Waals surface area (Å²) < 4.78 is 0. The normalized spacial score (nSPS) is 21.0. The number of aliphatic carboxylic acids is 1. The molecule has 2 aliphatic carbocycles. The molecule has 3 heteroatoms. The Kier molecular flexibility index (Phi) is 11.1. The quantitative estimate of drug-likeness (QED) is 0.138. The van der Waals surface area contributed by atoms with Crippen molar-refractivity contribution in [2.24, 2.45) is 11.3 Å². The van der Waals surface area contributed by atoms with Gasteiger partial charge in [-0.25, -0.2) is 0 Å². The van der Waals surface area contributed by atoms with E-state index in [0.29, 0.717) is 12.3 Å². The molecule has 0 amide bonds. The largest absolute Gasteiger partial charge is 0.481 e. The van der Waals surface area contributed by atoms with Gasteiger partial charge >= 0.3 is 5.97 Å². The second kappa shape index (κ2) is 13.8. The fourth-order valence-electron chi connectivity index (χ4n) is 6.36. The first kappa shape index (κ1) is 28.2. The van der Waals surface area contributed by atoms with E-state index in [0.717, 1.165) is 25.7 Å². The van der Waals surface area contributed by atoms with Crippen LogP contribution >= 0.6 is 0 Å². The maximum Gasteiger partial charge on any atom is 0.303 e. The molecular formula is C32H39HoO2-. The maximum atomic E-state index is 10.6. The van der Waals surface area contributed by atoms with E-state index in [9.17, 15) is 4.79 Å². The third kappa shape index (κ3) is 6.70. The summed E-state index contributed by atoms with van der Waals surface area (Å²) in [7, 11) is 0. The summed E-state index contributed by atoms with van der Waals surface area (Å²) in [6.45, 7) is 4.72. The van der Waals surface area contributed by atoms with Crippen molar-refractivity contribution in [1.82, 2.24) is 0 Å². The van der Waals surface area contributed by atoms with Gasteiger partial charge in [0.1, 0.15) is 0 Å². The molecule has 1 fully saturated rings. The Morgan fingerprint density at radius 2 is 1.51 bits per heavy atom. The Bertz CT molecular complexity index is 995. The Labute approximate surface area is 241 Å². The minimum absolute atomic E-state index is 0. The van der Waals surface area contributed by atoms with Crippen molar-refractivity contribution in [2.75, 3.05) is 0 Å². The average molecular weight is 621 g/mol. The Balaban J connectivity index is 0.00000342. The van der Waals surface area contributed by atoms with Gasteiger partial charge in [0.2, 0.25) is 0 Å². The molecule has 2 unspecified atom stereocenters. The topological polar surface area (TPSA) is 37.3 Å². The molecule has 191 valence electrons. The van der Waals surface area contributed by atoms with Gasteiger partial charge in [0, 0.05) is 44.2 Å². The van der Waals surface area contributed by atoms with Crippen molar-refractivity contribution in [3.8, 4) is 0 Å². The third-order valence-electron chi connectivity index (χ3n) is 7.98. The van der Waals surface area contributed by atoms with Crippen LogP contribution in [0.2, 0.25) is 0 Å². The summed E-state index contributed by atoms with van der Waals surface area (Å²) in [4.78, 5) is 10.6. The zero-order valence-corrected chi connectivity index (χ0v) is 22.7. The van der Waals surface area contributed by atoms with Crippen LogP contribution in [0.1, 0.15) is 88.2 Å². The molecule has 0 aromatic heterocycles. The molecule has 0 bridgehead atoms. The first-order valence-electron chi connectivity index (χ1n) is 13.2. The first-order chi connectivity index (χ1) is 16.6. The van der Waals surface area contributed by atoms with Gasteiger partial charge in [-0.2, -0.15) is 6.42 Å². The average Bonchev–Trinajstić information content (AvgIpc) is 3.40. The number of benzene rings is 2. The van der Waals surface area contributed by atoms with E-state index in [1.807, 2.05) is 0 Å². The summed E-state index contributed by atoms with van der Waals surface area (Å²) in [6.07, 6.45) is 15.5. The number of rotatable bonds is 13. The number of carboxylic acid groups (broad SMARTS) is 1. The second-order valence-electron chi connectivity index (χ2n) is 10.1. The standard InChI is InChI=1S/C32H39O2.Ho/c1-25(26-16-10-7-11-17-26)32-23-15-21-29(32)24-28(31(32)27-18-12-8-13-19-27)20-9-5-3-2-4-6-14-22-30(33)34;/h7-8,10-13,16-19,21,29H,1-6,9,14-15,20,22-24H2,(H,33,34);/q-1;. The van der Waals surface area contributed by atoms with Gasteiger partial charge in [-0.1, -0.05) is 118 Å². The van der Waals surface area contributed by atoms with Crippen molar-refractivity contribution < 1.29 is 47.6 Å². The van der Waals surface area contributed by atoms with Crippen LogP contribution in [0.5, 0.6) is 0 Å². The number of allylic oxidation sites excluding steroid dienone is 3. The van der Waals surface area contributed by atoms with Crippen LogP contribution in [0.4, 0.5) is 0 Å². The molecule has 0 aliphatic heterocycles. The van der Waals surface area contributed by atoms with Crippen LogP contribution in [0, 0.1) is 55.5 Å². The fraction of sp³-hybridized carbons (Fsp3) is 0.438. The zero-order valence-electron chi connectivity index (χ0n) is 20.8. The molecule has 0 spiro atoms. The zero-order chi connectivity index (χ0) is 23.8. The van der Waals surface area contributed by atoms with Crippen molar-refractivity contribution in [2.45, 2.75) is 77.0 Å². The van der Waals surface area contributed by atoms with Gasteiger partial charge in [0.15, 0.2) is 0 Å². The number of hydrogen-bond donors (Lipinski definition) is 1. The van der Waals surface area contributed by atoms with E-state index in [1.54, 1.807) is 11.1 Å². The molecule has 2 nitrogen and oxygen atoms in total. The van der Waals surface area contributed by atoms with Crippen molar-refractivity contribution in [3.05, 3.63) is 90.4 Å². The molecule has 1 N–H and O–H groups in total. The predicted molar refractivity (Wildman–Crippen MR) is 142 cm³/mol. The van der Waals surface area contributed by atoms with Crippen LogP contribution in [0.25, 0.3) is 11.1 Å². The molecule has 2 aliphatic rings. The summed E-state index contributed by atoms with van der Waals surface area (Å²) in [5.74, 6) is -0.117. The van der Waals surface area contributed by atoms with Crippen LogP contribution in [0.15, 0.2) is 72.8 Å². The van der Waals surface area contributed by atoms with E-state index in [2.05, 4.69) is 67.1 Å². The monoisotopic (exact) mass is 620 g/mol. The van der Waals surface area contributed by atoms with Crippen LogP contribution < -0.4 is 0 Å². The minimum atomic E-state index is -0.672. The van der Waals surface area contributed by atoms with E-state index in [4.69, 9.17) is 11.7 Å². The maximum absolute atomic E-state index is 10.6. The molecule has 2 atom stereocenters. The number of carbonyl (C=O) groups is 1. The van der Waals surface area contributed by atoms with Crippen LogP contribution in [0.3, 0.4) is 0 Å². The van der Waals surface area contributed by atoms with Crippen molar-refractivity contribution >= 4 is 17.1 Å². The Morgan fingerprint density at radius 1 is 0.914 bits per heavy atom. The Hall–Kier alpha value is -1.35.